The average molecular weight is 422 g/mol. The molecule has 4 aromatic rings. The first-order valence-corrected chi connectivity index (χ1v) is 9.23. The molecule has 0 spiro atoms. The van der Waals surface area contributed by atoms with Gasteiger partial charge in [0.1, 0.15) is 18.0 Å². The third-order valence-corrected chi connectivity index (χ3v) is 4.53. The van der Waals surface area contributed by atoms with Gasteiger partial charge in [-0.15, -0.1) is 0 Å². The van der Waals surface area contributed by atoms with Gasteiger partial charge in [-0.25, -0.2) is 15.0 Å². The largest absolute Gasteiger partial charge is 0.504 e. The number of amides is 1. The normalized spacial score (nSPS) is 10.6. The van der Waals surface area contributed by atoms with Crippen LogP contribution >= 0.6 is 11.6 Å². The topological polar surface area (TPSA) is 109 Å². The molecule has 2 heterocycles. The quantitative estimate of drug-likeness (QED) is 0.438. The van der Waals surface area contributed by atoms with E-state index in [2.05, 4.69) is 25.6 Å². The summed E-state index contributed by atoms with van der Waals surface area (Å²) in [5.74, 6) is 0.925. The number of phenols is 1. The minimum absolute atomic E-state index is 0.00360. The lowest BCUT2D eigenvalue weighted by Crippen LogP contribution is -2.12. The van der Waals surface area contributed by atoms with Gasteiger partial charge in [-0.05, 0) is 36.4 Å². The number of pyridine rings is 1. The number of methoxy groups -OCH3 is 1. The maximum absolute atomic E-state index is 12.3. The third-order valence-electron chi connectivity index (χ3n) is 4.29. The number of nitrogens with zero attached hydrogens (tertiary/aromatic N) is 3. The molecular weight excluding hydrogens is 406 g/mol. The number of aromatic hydroxyl groups is 1. The molecule has 2 aromatic carbocycles. The molecule has 0 atom stereocenters. The fourth-order valence-electron chi connectivity index (χ4n) is 2.83. The monoisotopic (exact) mass is 421 g/mol. The number of phenolic OH excluding ortho intramolecular Hbond substituents is 1. The lowest BCUT2D eigenvalue weighted by Gasteiger charge is -2.11. The van der Waals surface area contributed by atoms with Gasteiger partial charge < -0.3 is 20.5 Å². The molecule has 0 aliphatic heterocycles. The van der Waals surface area contributed by atoms with E-state index in [-0.39, 0.29) is 11.7 Å². The Morgan fingerprint density at radius 2 is 1.97 bits per heavy atom. The number of halogens is 1. The highest BCUT2D eigenvalue weighted by Gasteiger charge is 2.11. The number of benzene rings is 2. The standard InChI is InChI=1S/C21H16ClN5O3/c1-30-18-8-15-16(9-17(18)28)24-11-25-20(15)26-14-5-6-19(23-10-14)27-21(29)12-3-2-4-13(22)7-12/h2-11,28H,1H3,(H,23,27,29)(H,24,25,26). The van der Waals surface area contributed by atoms with E-state index in [0.29, 0.717) is 44.6 Å². The summed E-state index contributed by atoms with van der Waals surface area (Å²) in [6.45, 7) is 0. The van der Waals surface area contributed by atoms with Crippen LogP contribution in [0.5, 0.6) is 11.5 Å². The highest BCUT2D eigenvalue weighted by molar-refractivity contribution is 6.31. The van der Waals surface area contributed by atoms with Crippen LogP contribution in [0.2, 0.25) is 5.02 Å². The zero-order valence-electron chi connectivity index (χ0n) is 15.8. The van der Waals surface area contributed by atoms with Crippen LogP contribution in [0.25, 0.3) is 10.9 Å². The molecular formula is C21H16ClN5O3. The second kappa shape index (κ2) is 8.22. The van der Waals surface area contributed by atoms with Crippen LogP contribution < -0.4 is 15.4 Å². The van der Waals surface area contributed by atoms with Crippen molar-refractivity contribution in [3.63, 3.8) is 0 Å². The van der Waals surface area contributed by atoms with Crippen LogP contribution in [0.1, 0.15) is 10.4 Å². The second-order valence-corrected chi connectivity index (χ2v) is 6.72. The van der Waals surface area contributed by atoms with Gasteiger partial charge in [0.15, 0.2) is 11.5 Å². The van der Waals surface area contributed by atoms with Gasteiger partial charge in [0.2, 0.25) is 0 Å². The highest BCUT2D eigenvalue weighted by atomic mass is 35.5. The first kappa shape index (κ1) is 19.4. The van der Waals surface area contributed by atoms with Gasteiger partial charge in [0.05, 0.1) is 24.5 Å². The highest BCUT2D eigenvalue weighted by Crippen LogP contribution is 2.33. The molecule has 0 saturated heterocycles. The van der Waals surface area contributed by atoms with Crippen molar-refractivity contribution >= 4 is 45.7 Å². The van der Waals surface area contributed by atoms with E-state index in [0.717, 1.165) is 0 Å². The van der Waals surface area contributed by atoms with Gasteiger partial charge >= 0.3 is 0 Å². The summed E-state index contributed by atoms with van der Waals surface area (Å²) in [6.07, 6.45) is 2.96. The summed E-state index contributed by atoms with van der Waals surface area (Å²) in [5, 5.41) is 17.0. The number of anilines is 3. The number of fused-ring (bicyclic) bond motifs is 1. The second-order valence-electron chi connectivity index (χ2n) is 6.29. The molecule has 0 radical (unpaired) electrons. The van der Waals surface area contributed by atoms with Crippen molar-refractivity contribution < 1.29 is 14.6 Å². The third kappa shape index (κ3) is 4.08. The van der Waals surface area contributed by atoms with Crippen LogP contribution in [0.3, 0.4) is 0 Å². The molecule has 4 rings (SSSR count). The number of carbonyl (C=O) groups is 1. The summed E-state index contributed by atoms with van der Waals surface area (Å²) < 4.78 is 5.16. The maximum atomic E-state index is 12.3. The summed E-state index contributed by atoms with van der Waals surface area (Å²) >= 11 is 5.92. The Morgan fingerprint density at radius 3 is 2.70 bits per heavy atom. The van der Waals surface area contributed by atoms with E-state index in [1.54, 1.807) is 48.7 Å². The van der Waals surface area contributed by atoms with E-state index in [1.165, 1.54) is 19.5 Å². The fraction of sp³-hybridized carbons (Fsp3) is 0.0476. The predicted molar refractivity (Wildman–Crippen MR) is 115 cm³/mol. The Kier molecular flexibility index (Phi) is 5.32. The molecule has 2 aromatic heterocycles. The lowest BCUT2D eigenvalue weighted by atomic mass is 10.2. The summed E-state index contributed by atoms with van der Waals surface area (Å²) in [7, 11) is 1.47. The minimum Gasteiger partial charge on any atom is -0.504 e. The zero-order valence-corrected chi connectivity index (χ0v) is 16.5. The van der Waals surface area contributed by atoms with Crippen LogP contribution in [0.15, 0.2) is 61.1 Å². The smallest absolute Gasteiger partial charge is 0.256 e. The molecule has 0 aliphatic carbocycles. The Hall–Kier alpha value is -3.91. The van der Waals surface area contributed by atoms with Crippen molar-refractivity contribution in [3.8, 4) is 11.5 Å². The zero-order chi connectivity index (χ0) is 21.1. The minimum atomic E-state index is -0.306. The fourth-order valence-corrected chi connectivity index (χ4v) is 3.02. The van der Waals surface area contributed by atoms with E-state index in [9.17, 15) is 9.90 Å². The lowest BCUT2D eigenvalue weighted by molar-refractivity contribution is 0.102. The molecule has 0 fully saturated rings. The molecule has 30 heavy (non-hydrogen) atoms. The first-order valence-electron chi connectivity index (χ1n) is 8.85. The van der Waals surface area contributed by atoms with Gasteiger partial charge in [0.25, 0.3) is 5.91 Å². The SMILES string of the molecule is COc1cc2c(Nc3ccc(NC(=O)c4cccc(Cl)c4)nc3)ncnc2cc1O. The van der Waals surface area contributed by atoms with Crippen molar-refractivity contribution in [1.29, 1.82) is 0 Å². The Labute approximate surface area is 176 Å². The van der Waals surface area contributed by atoms with Crippen molar-refractivity contribution in [2.45, 2.75) is 0 Å². The number of aromatic nitrogens is 3. The van der Waals surface area contributed by atoms with E-state index >= 15 is 0 Å². The molecule has 0 unspecified atom stereocenters. The summed E-state index contributed by atoms with van der Waals surface area (Å²) in [6, 6.07) is 13.2. The maximum Gasteiger partial charge on any atom is 0.256 e. The summed E-state index contributed by atoms with van der Waals surface area (Å²) in [5.41, 5.74) is 1.66. The number of carbonyl (C=O) groups excluding carboxylic acids is 1. The average Bonchev–Trinajstić information content (AvgIpc) is 2.75. The predicted octanol–water partition coefficient (Wildman–Crippen LogP) is 4.39. The summed E-state index contributed by atoms with van der Waals surface area (Å²) in [4.78, 5) is 25.0. The number of hydrogen-bond donors (Lipinski definition) is 3. The molecule has 0 aliphatic rings. The molecule has 9 heteroatoms. The van der Waals surface area contributed by atoms with Crippen LogP contribution in [0, 0.1) is 0 Å². The van der Waals surface area contributed by atoms with Gasteiger partial charge in [0, 0.05) is 22.0 Å². The number of hydrogen-bond acceptors (Lipinski definition) is 7. The van der Waals surface area contributed by atoms with Gasteiger partial charge in [-0.1, -0.05) is 17.7 Å². The van der Waals surface area contributed by atoms with E-state index in [4.69, 9.17) is 16.3 Å². The van der Waals surface area contributed by atoms with Crippen LogP contribution in [0.4, 0.5) is 17.3 Å². The number of nitrogens with one attached hydrogen (secondary N) is 2. The molecule has 0 bridgehead atoms. The van der Waals surface area contributed by atoms with E-state index in [1.807, 2.05) is 0 Å². The Morgan fingerprint density at radius 1 is 1.10 bits per heavy atom. The number of rotatable bonds is 5. The molecule has 3 N–H and O–H groups in total. The van der Waals surface area contributed by atoms with Crippen LogP contribution in [-0.2, 0) is 0 Å². The van der Waals surface area contributed by atoms with Crippen molar-refractivity contribution in [1.82, 2.24) is 15.0 Å². The van der Waals surface area contributed by atoms with Gasteiger partial charge in [-0.3, -0.25) is 4.79 Å². The number of ether oxygens (including phenoxy) is 1. The van der Waals surface area contributed by atoms with Crippen molar-refractivity contribution in [3.05, 3.63) is 71.6 Å². The van der Waals surface area contributed by atoms with E-state index < -0.39 is 0 Å². The van der Waals surface area contributed by atoms with Crippen LogP contribution in [-0.4, -0.2) is 33.1 Å². The first-order chi connectivity index (χ1) is 14.5. The Bertz CT molecular complexity index is 1230. The molecule has 0 saturated carbocycles. The van der Waals surface area contributed by atoms with Crippen molar-refractivity contribution in [2.24, 2.45) is 0 Å². The molecule has 150 valence electrons. The molecule has 8 nitrogen and oxygen atoms in total. The van der Waals surface area contributed by atoms with Gasteiger partial charge in [-0.2, -0.15) is 0 Å². The van der Waals surface area contributed by atoms with Crippen molar-refractivity contribution in [2.75, 3.05) is 17.7 Å². The molecule has 1 amide bonds. The Balaban J connectivity index is 1.53.